The first kappa shape index (κ1) is 15.7. The monoisotopic (exact) mass is 354 g/mol. The normalized spacial score (nSPS) is 16.8. The Balaban J connectivity index is 1.67. The number of aromatic nitrogens is 5. The molecule has 0 saturated carbocycles. The summed E-state index contributed by atoms with van der Waals surface area (Å²) in [5.41, 5.74) is 1.51. The minimum Gasteiger partial charge on any atom is -0.329 e. The maximum atomic E-state index is 12.9. The Morgan fingerprint density at radius 1 is 1.24 bits per heavy atom. The molecule has 8 heteroatoms. The summed E-state index contributed by atoms with van der Waals surface area (Å²) in [6.45, 7) is 2.66. The molecule has 2 aromatic heterocycles. The maximum absolute atomic E-state index is 12.9. The van der Waals surface area contributed by atoms with Crippen molar-refractivity contribution in [2.75, 3.05) is 0 Å². The number of rotatable bonds is 3. The molecular weight excluding hydrogens is 340 g/mol. The Kier molecular flexibility index (Phi) is 3.93. The van der Waals surface area contributed by atoms with Crippen LogP contribution in [0.5, 0.6) is 0 Å². The summed E-state index contributed by atoms with van der Waals surface area (Å²) >= 11 is 6.23. The summed E-state index contributed by atoms with van der Waals surface area (Å²) in [4.78, 5) is 22.9. The van der Waals surface area contributed by atoms with Gasteiger partial charge in [-0.25, -0.2) is 4.98 Å². The van der Waals surface area contributed by atoms with E-state index in [1.807, 2.05) is 35.8 Å². The van der Waals surface area contributed by atoms with Crippen LogP contribution in [-0.4, -0.2) is 35.5 Å². The Morgan fingerprint density at radius 2 is 2.08 bits per heavy atom. The lowest BCUT2D eigenvalue weighted by molar-refractivity contribution is -0.137. The van der Waals surface area contributed by atoms with Gasteiger partial charge >= 0.3 is 0 Å². The van der Waals surface area contributed by atoms with Crippen molar-refractivity contribution in [2.24, 2.45) is 0 Å². The van der Waals surface area contributed by atoms with Gasteiger partial charge in [0.25, 0.3) is 0 Å². The Bertz CT molecular complexity index is 926. The highest BCUT2D eigenvalue weighted by Gasteiger charge is 2.34. The third-order valence-electron chi connectivity index (χ3n) is 4.27. The standard InChI is InChI=1S/C17H15ClN6O/c1-11-17(25)23(9-12-4-2-3-5-13(12)18)10-15-21-22-16(24(11)15)14-8-19-6-7-20-14/h2-8,11H,9-10H2,1H3/t11-/m0/s1. The second-order valence-electron chi connectivity index (χ2n) is 5.86. The van der Waals surface area contributed by atoms with Crippen LogP contribution in [0.15, 0.2) is 42.9 Å². The van der Waals surface area contributed by atoms with Crippen molar-refractivity contribution >= 4 is 17.5 Å². The smallest absolute Gasteiger partial charge is 0.246 e. The first-order chi connectivity index (χ1) is 12.1. The summed E-state index contributed by atoms with van der Waals surface area (Å²) in [6.07, 6.45) is 4.80. The average molecular weight is 355 g/mol. The molecule has 0 aliphatic carbocycles. The van der Waals surface area contributed by atoms with E-state index in [4.69, 9.17) is 11.6 Å². The van der Waals surface area contributed by atoms with E-state index < -0.39 is 6.04 Å². The van der Waals surface area contributed by atoms with Crippen LogP contribution in [-0.2, 0) is 17.9 Å². The maximum Gasteiger partial charge on any atom is 0.246 e. The summed E-state index contributed by atoms with van der Waals surface area (Å²) in [5.74, 6) is 1.28. The fraction of sp³-hybridized carbons (Fsp3) is 0.235. The SMILES string of the molecule is C[C@H]1C(=O)N(Cc2ccccc2Cl)Cc2nnc(-c3cnccn3)n21. The second-order valence-corrected chi connectivity index (χ2v) is 6.27. The number of halogens is 1. The largest absolute Gasteiger partial charge is 0.329 e. The highest BCUT2D eigenvalue weighted by Crippen LogP contribution is 2.29. The minimum absolute atomic E-state index is 0.00244. The summed E-state index contributed by atoms with van der Waals surface area (Å²) < 4.78 is 1.83. The van der Waals surface area contributed by atoms with Crippen molar-refractivity contribution in [1.82, 2.24) is 29.6 Å². The van der Waals surface area contributed by atoms with Gasteiger partial charge in [-0.2, -0.15) is 0 Å². The van der Waals surface area contributed by atoms with Gasteiger partial charge in [-0.15, -0.1) is 10.2 Å². The third kappa shape index (κ3) is 2.76. The van der Waals surface area contributed by atoms with Gasteiger partial charge in [-0.1, -0.05) is 29.8 Å². The number of fused-ring (bicyclic) bond motifs is 1. The van der Waals surface area contributed by atoms with Crippen LogP contribution in [0.25, 0.3) is 11.5 Å². The molecule has 1 aliphatic heterocycles. The van der Waals surface area contributed by atoms with E-state index in [9.17, 15) is 4.79 Å². The summed E-state index contributed by atoms with van der Waals surface area (Å²) in [7, 11) is 0. The molecule has 1 amide bonds. The molecule has 0 radical (unpaired) electrons. The third-order valence-corrected chi connectivity index (χ3v) is 4.64. The highest BCUT2D eigenvalue weighted by atomic mass is 35.5. The van der Waals surface area contributed by atoms with E-state index in [0.717, 1.165) is 11.4 Å². The Labute approximate surface area is 149 Å². The van der Waals surface area contributed by atoms with E-state index in [2.05, 4.69) is 20.2 Å². The fourth-order valence-corrected chi connectivity index (χ4v) is 3.21. The molecule has 126 valence electrons. The molecule has 0 fully saturated rings. The second kappa shape index (κ2) is 6.25. The van der Waals surface area contributed by atoms with Gasteiger partial charge in [0.1, 0.15) is 11.7 Å². The number of hydrogen-bond acceptors (Lipinski definition) is 5. The molecule has 1 aliphatic rings. The van der Waals surface area contributed by atoms with E-state index in [1.165, 1.54) is 0 Å². The van der Waals surface area contributed by atoms with Crippen LogP contribution in [0.3, 0.4) is 0 Å². The van der Waals surface area contributed by atoms with Gasteiger partial charge in [0.2, 0.25) is 5.91 Å². The molecule has 25 heavy (non-hydrogen) atoms. The van der Waals surface area contributed by atoms with Gasteiger partial charge in [0.05, 0.1) is 12.7 Å². The van der Waals surface area contributed by atoms with Gasteiger partial charge in [0, 0.05) is 24.0 Å². The molecule has 4 rings (SSSR count). The van der Waals surface area contributed by atoms with Crippen LogP contribution >= 0.6 is 11.6 Å². The van der Waals surface area contributed by atoms with Crippen LogP contribution in [0.4, 0.5) is 0 Å². The van der Waals surface area contributed by atoms with Crippen molar-refractivity contribution in [3.63, 3.8) is 0 Å². The average Bonchev–Trinajstić information content (AvgIpc) is 3.06. The fourth-order valence-electron chi connectivity index (χ4n) is 3.02. The molecule has 1 atom stereocenters. The lowest BCUT2D eigenvalue weighted by Gasteiger charge is -2.32. The van der Waals surface area contributed by atoms with Crippen LogP contribution in [0.1, 0.15) is 24.4 Å². The zero-order valence-corrected chi connectivity index (χ0v) is 14.3. The molecule has 0 bridgehead atoms. The number of hydrogen-bond donors (Lipinski definition) is 0. The number of carbonyl (C=O) groups is 1. The van der Waals surface area contributed by atoms with Gasteiger partial charge in [-0.05, 0) is 18.6 Å². The number of nitrogens with zero attached hydrogens (tertiary/aromatic N) is 6. The number of amides is 1. The van der Waals surface area contributed by atoms with Crippen LogP contribution in [0, 0.1) is 0 Å². The minimum atomic E-state index is -0.418. The molecule has 1 aromatic carbocycles. The van der Waals surface area contributed by atoms with Gasteiger partial charge in [0.15, 0.2) is 11.6 Å². The predicted octanol–water partition coefficient (Wildman–Crippen LogP) is 2.49. The van der Waals surface area contributed by atoms with Crippen LogP contribution < -0.4 is 0 Å². The van der Waals surface area contributed by atoms with E-state index >= 15 is 0 Å². The lowest BCUT2D eigenvalue weighted by Crippen LogP contribution is -2.41. The van der Waals surface area contributed by atoms with Gasteiger partial charge < -0.3 is 4.90 Å². The van der Waals surface area contributed by atoms with Crippen molar-refractivity contribution in [3.8, 4) is 11.5 Å². The van der Waals surface area contributed by atoms with E-state index in [0.29, 0.717) is 29.6 Å². The zero-order valence-electron chi connectivity index (χ0n) is 13.5. The Hall–Kier alpha value is -2.80. The van der Waals surface area contributed by atoms with E-state index in [-0.39, 0.29) is 5.91 Å². The molecule has 7 nitrogen and oxygen atoms in total. The number of carbonyl (C=O) groups excluding carboxylic acids is 1. The molecule has 0 N–H and O–H groups in total. The molecule has 0 spiro atoms. The first-order valence-electron chi connectivity index (χ1n) is 7.87. The molecule has 0 saturated heterocycles. The van der Waals surface area contributed by atoms with Crippen molar-refractivity contribution in [3.05, 3.63) is 59.3 Å². The van der Waals surface area contributed by atoms with E-state index in [1.54, 1.807) is 23.5 Å². The number of benzene rings is 1. The van der Waals surface area contributed by atoms with Crippen molar-refractivity contribution in [2.45, 2.75) is 26.1 Å². The lowest BCUT2D eigenvalue weighted by atomic mass is 10.1. The molecule has 0 unspecified atom stereocenters. The Morgan fingerprint density at radius 3 is 2.84 bits per heavy atom. The highest BCUT2D eigenvalue weighted by molar-refractivity contribution is 6.31. The quantitative estimate of drug-likeness (QED) is 0.722. The van der Waals surface area contributed by atoms with Gasteiger partial charge in [-0.3, -0.25) is 14.3 Å². The van der Waals surface area contributed by atoms with Crippen molar-refractivity contribution in [1.29, 1.82) is 0 Å². The van der Waals surface area contributed by atoms with Crippen LogP contribution in [0.2, 0.25) is 5.02 Å². The summed E-state index contributed by atoms with van der Waals surface area (Å²) in [6, 6.07) is 7.11. The molecule has 3 aromatic rings. The molecule has 3 heterocycles. The predicted molar refractivity (Wildman–Crippen MR) is 91.5 cm³/mol. The molecular formula is C17H15ClN6O. The summed E-state index contributed by atoms with van der Waals surface area (Å²) in [5, 5.41) is 9.12. The first-order valence-corrected chi connectivity index (χ1v) is 8.25. The van der Waals surface area contributed by atoms with Crippen molar-refractivity contribution < 1.29 is 4.79 Å². The topological polar surface area (TPSA) is 76.8 Å². The zero-order chi connectivity index (χ0) is 17.4.